The van der Waals surface area contributed by atoms with Gasteiger partial charge in [-0.2, -0.15) is 0 Å². The second-order valence-electron chi connectivity index (χ2n) is 6.16. The van der Waals surface area contributed by atoms with Crippen LogP contribution in [0.15, 0.2) is 24.4 Å². The fraction of sp³-hybridized carbons (Fsp3) is 0.526. The van der Waals surface area contributed by atoms with Crippen LogP contribution in [0.3, 0.4) is 0 Å². The Kier molecular flexibility index (Phi) is 5.41. The topological polar surface area (TPSA) is 49.8 Å². The van der Waals surface area contributed by atoms with Crippen molar-refractivity contribution in [3.63, 3.8) is 0 Å². The van der Waals surface area contributed by atoms with Crippen LogP contribution in [0.25, 0.3) is 10.9 Å². The fourth-order valence-electron chi connectivity index (χ4n) is 3.49. The molecule has 1 saturated carbocycles. The summed E-state index contributed by atoms with van der Waals surface area (Å²) in [5.74, 6) is 2.76. The van der Waals surface area contributed by atoms with Gasteiger partial charge in [-0.1, -0.05) is 12.8 Å². The molecule has 1 aliphatic rings. The number of fused-ring (bicyclic) bond motifs is 1. The standard InChI is InChI=1S/C19H25NO4/c1-21-14-10-15-19(17(11-14)22-2)16(8-9-20-15)24-12-18(23-3)13-6-4-5-7-13/h8-11,13,18H,4-7,12H2,1-3H3. The lowest BCUT2D eigenvalue weighted by molar-refractivity contribution is 0.0177. The summed E-state index contributed by atoms with van der Waals surface area (Å²) >= 11 is 0. The van der Waals surface area contributed by atoms with E-state index in [1.54, 1.807) is 27.5 Å². The van der Waals surface area contributed by atoms with Crippen molar-refractivity contribution in [3.8, 4) is 17.2 Å². The van der Waals surface area contributed by atoms with Crippen molar-refractivity contribution in [2.24, 2.45) is 5.92 Å². The molecule has 1 fully saturated rings. The molecule has 1 aliphatic carbocycles. The van der Waals surface area contributed by atoms with Gasteiger partial charge in [0.05, 0.1) is 31.2 Å². The van der Waals surface area contributed by atoms with E-state index in [-0.39, 0.29) is 6.10 Å². The molecular formula is C19H25NO4. The van der Waals surface area contributed by atoms with E-state index in [0.29, 0.717) is 24.0 Å². The molecule has 24 heavy (non-hydrogen) atoms. The number of hydrogen-bond acceptors (Lipinski definition) is 5. The smallest absolute Gasteiger partial charge is 0.135 e. The van der Waals surface area contributed by atoms with E-state index in [9.17, 15) is 0 Å². The third kappa shape index (κ3) is 3.41. The predicted octanol–water partition coefficient (Wildman–Crippen LogP) is 3.84. The van der Waals surface area contributed by atoms with E-state index >= 15 is 0 Å². The number of pyridine rings is 1. The van der Waals surface area contributed by atoms with Gasteiger partial charge in [-0.25, -0.2) is 0 Å². The highest BCUT2D eigenvalue weighted by atomic mass is 16.5. The molecule has 5 nitrogen and oxygen atoms in total. The normalized spacial score (nSPS) is 16.3. The van der Waals surface area contributed by atoms with Crippen LogP contribution in [-0.4, -0.2) is 39.0 Å². The number of aromatic nitrogens is 1. The van der Waals surface area contributed by atoms with Crippen LogP contribution in [0.2, 0.25) is 0 Å². The Morgan fingerprint density at radius 3 is 2.54 bits per heavy atom. The molecule has 2 aromatic rings. The van der Waals surface area contributed by atoms with E-state index < -0.39 is 0 Å². The van der Waals surface area contributed by atoms with E-state index in [0.717, 1.165) is 16.7 Å². The second-order valence-corrected chi connectivity index (χ2v) is 6.16. The van der Waals surface area contributed by atoms with Gasteiger partial charge in [0.2, 0.25) is 0 Å². The maximum absolute atomic E-state index is 6.11. The number of nitrogens with zero attached hydrogens (tertiary/aromatic N) is 1. The minimum atomic E-state index is 0.125. The van der Waals surface area contributed by atoms with Crippen LogP contribution in [0, 0.1) is 5.92 Å². The van der Waals surface area contributed by atoms with Crippen LogP contribution in [0.5, 0.6) is 17.2 Å². The highest BCUT2D eigenvalue weighted by Crippen LogP contribution is 2.37. The van der Waals surface area contributed by atoms with Gasteiger partial charge in [0, 0.05) is 25.4 Å². The van der Waals surface area contributed by atoms with E-state index in [1.807, 2.05) is 18.2 Å². The molecule has 0 radical (unpaired) electrons. The van der Waals surface area contributed by atoms with Crippen LogP contribution in [-0.2, 0) is 4.74 Å². The summed E-state index contributed by atoms with van der Waals surface area (Å²) in [6, 6.07) is 5.61. The van der Waals surface area contributed by atoms with Gasteiger partial charge in [-0.3, -0.25) is 4.98 Å². The highest BCUT2D eigenvalue weighted by Gasteiger charge is 2.25. The Bertz CT molecular complexity index is 682. The second kappa shape index (κ2) is 7.71. The van der Waals surface area contributed by atoms with Crippen molar-refractivity contribution in [3.05, 3.63) is 24.4 Å². The number of hydrogen-bond donors (Lipinski definition) is 0. The molecule has 0 N–H and O–H groups in total. The molecular weight excluding hydrogens is 306 g/mol. The monoisotopic (exact) mass is 331 g/mol. The van der Waals surface area contributed by atoms with E-state index in [4.69, 9.17) is 18.9 Å². The molecule has 0 saturated heterocycles. The Balaban J connectivity index is 1.86. The molecule has 1 aromatic carbocycles. The van der Waals surface area contributed by atoms with Crippen LogP contribution < -0.4 is 14.2 Å². The summed E-state index contributed by atoms with van der Waals surface area (Å²) in [6.07, 6.45) is 6.89. The molecule has 0 amide bonds. The average Bonchev–Trinajstić information content (AvgIpc) is 3.15. The Labute approximate surface area is 142 Å². The van der Waals surface area contributed by atoms with E-state index in [1.165, 1.54) is 25.7 Å². The lowest BCUT2D eigenvalue weighted by atomic mass is 10.0. The van der Waals surface area contributed by atoms with Crippen molar-refractivity contribution in [1.29, 1.82) is 0 Å². The van der Waals surface area contributed by atoms with Crippen molar-refractivity contribution in [2.45, 2.75) is 31.8 Å². The maximum atomic E-state index is 6.11. The average molecular weight is 331 g/mol. The zero-order valence-corrected chi connectivity index (χ0v) is 14.6. The summed E-state index contributed by atoms with van der Waals surface area (Å²) in [5, 5.41) is 0.863. The molecule has 5 heteroatoms. The largest absolute Gasteiger partial charge is 0.497 e. The van der Waals surface area contributed by atoms with E-state index in [2.05, 4.69) is 4.98 Å². The lowest BCUT2D eigenvalue weighted by Crippen LogP contribution is -2.27. The minimum Gasteiger partial charge on any atom is -0.497 e. The summed E-state index contributed by atoms with van der Waals surface area (Å²) in [4.78, 5) is 4.41. The molecule has 1 unspecified atom stereocenters. The van der Waals surface area contributed by atoms with Gasteiger partial charge in [-0.05, 0) is 24.8 Å². The summed E-state index contributed by atoms with van der Waals surface area (Å²) < 4.78 is 22.6. The Morgan fingerprint density at radius 2 is 1.88 bits per heavy atom. The van der Waals surface area contributed by atoms with Crippen LogP contribution in [0.1, 0.15) is 25.7 Å². The van der Waals surface area contributed by atoms with Crippen molar-refractivity contribution in [1.82, 2.24) is 4.98 Å². The first-order valence-corrected chi connectivity index (χ1v) is 8.43. The molecule has 1 aromatic heterocycles. The third-order valence-corrected chi connectivity index (χ3v) is 4.83. The molecule has 1 heterocycles. The zero-order chi connectivity index (χ0) is 16.9. The predicted molar refractivity (Wildman–Crippen MR) is 93.1 cm³/mol. The molecule has 0 spiro atoms. The van der Waals surface area contributed by atoms with Crippen LogP contribution >= 0.6 is 0 Å². The quantitative estimate of drug-likeness (QED) is 0.771. The number of ether oxygens (including phenoxy) is 4. The Hall–Kier alpha value is -2.01. The van der Waals surface area contributed by atoms with Gasteiger partial charge < -0.3 is 18.9 Å². The third-order valence-electron chi connectivity index (χ3n) is 4.83. The molecule has 130 valence electrons. The molecule has 0 aliphatic heterocycles. The van der Waals surface area contributed by atoms with Crippen LogP contribution in [0.4, 0.5) is 0 Å². The number of rotatable bonds is 7. The molecule has 0 bridgehead atoms. The van der Waals surface area contributed by atoms with Crippen molar-refractivity contribution in [2.75, 3.05) is 27.9 Å². The van der Waals surface area contributed by atoms with Crippen molar-refractivity contribution >= 4 is 10.9 Å². The summed E-state index contributed by atoms with van der Waals surface area (Å²) in [6.45, 7) is 0.537. The molecule has 1 atom stereocenters. The van der Waals surface area contributed by atoms with Gasteiger partial charge in [0.1, 0.15) is 23.9 Å². The number of methoxy groups -OCH3 is 3. The zero-order valence-electron chi connectivity index (χ0n) is 14.6. The first-order valence-electron chi connectivity index (χ1n) is 8.43. The fourth-order valence-corrected chi connectivity index (χ4v) is 3.49. The first-order chi connectivity index (χ1) is 11.8. The van der Waals surface area contributed by atoms with Gasteiger partial charge in [0.25, 0.3) is 0 Å². The summed E-state index contributed by atoms with van der Waals surface area (Å²) in [7, 11) is 5.04. The first kappa shape index (κ1) is 16.8. The van der Waals surface area contributed by atoms with Gasteiger partial charge in [0.15, 0.2) is 0 Å². The SMILES string of the molecule is COc1cc(OC)c2c(OCC(OC)C3CCCC3)ccnc2c1. The minimum absolute atomic E-state index is 0.125. The Morgan fingerprint density at radius 1 is 1.08 bits per heavy atom. The van der Waals surface area contributed by atoms with Gasteiger partial charge in [-0.15, -0.1) is 0 Å². The highest BCUT2D eigenvalue weighted by molar-refractivity contribution is 5.92. The van der Waals surface area contributed by atoms with Gasteiger partial charge >= 0.3 is 0 Å². The summed E-state index contributed by atoms with van der Waals surface area (Å²) in [5.41, 5.74) is 0.790. The van der Waals surface area contributed by atoms with Crippen molar-refractivity contribution < 1.29 is 18.9 Å². The number of benzene rings is 1. The lowest BCUT2D eigenvalue weighted by Gasteiger charge is -2.22. The maximum Gasteiger partial charge on any atom is 0.135 e. The molecule has 3 rings (SSSR count).